The molecule has 0 spiro atoms. The molecule has 246 valence electrons. The Morgan fingerprint density at radius 2 is 0.957 bits per heavy atom. The molecule has 8 heteroatoms. The van der Waals surface area contributed by atoms with Crippen molar-refractivity contribution in [1.82, 2.24) is 13.7 Å². The highest BCUT2D eigenvalue weighted by Gasteiger charge is 2.24. The van der Waals surface area contributed by atoms with Gasteiger partial charge in [0.15, 0.2) is 13.1 Å². The third-order valence-corrected chi connectivity index (χ3v) is 9.13. The highest BCUT2D eigenvalue weighted by Crippen LogP contribution is 2.20. The van der Waals surface area contributed by atoms with Crippen molar-refractivity contribution in [1.29, 1.82) is 0 Å². The van der Waals surface area contributed by atoms with Crippen LogP contribution >= 0.6 is 0 Å². The first-order valence-electron chi connectivity index (χ1n) is 18.0. The fraction of sp³-hybridized carbons (Fsp3) is 0.553. The highest BCUT2D eigenvalue weighted by atomic mass is 15.2. The van der Waals surface area contributed by atoms with Crippen molar-refractivity contribution >= 4 is 12.6 Å². The van der Waals surface area contributed by atoms with E-state index in [2.05, 4.69) is 145 Å². The van der Waals surface area contributed by atoms with Crippen LogP contribution in [0.1, 0.15) is 101 Å². The maximum atomic E-state index is 2.52. The standard InChI is InChI=1S/C38H59N8/c1-5-9-13-39-17-21-43(31-39)27-35-25-37(29-45-23-19-41(33-45)15-11-7-3)38(30-46-24-20-42(34-46)16-12-8-4)26-36(35)28-44-22-18-40(32-44)14-10-6-2/h17-23,25-26,31-34H,5-16,24,27-30H2,1-4H3/q+5. The van der Waals surface area contributed by atoms with Gasteiger partial charge in [-0.25, -0.2) is 27.4 Å². The molecule has 0 unspecified atom stereocenters. The first-order valence-corrected chi connectivity index (χ1v) is 18.0. The Labute approximate surface area is 277 Å². The molecule has 4 heterocycles. The summed E-state index contributed by atoms with van der Waals surface area (Å²) in [6.07, 6.45) is 34.7. The summed E-state index contributed by atoms with van der Waals surface area (Å²) in [6.45, 7) is 17.9. The fourth-order valence-electron chi connectivity index (χ4n) is 6.31. The van der Waals surface area contributed by atoms with Gasteiger partial charge in [-0.05, 0) is 31.4 Å². The second-order valence-electron chi connectivity index (χ2n) is 13.2. The van der Waals surface area contributed by atoms with Gasteiger partial charge >= 0.3 is 6.34 Å². The van der Waals surface area contributed by atoms with E-state index in [-0.39, 0.29) is 0 Å². The van der Waals surface area contributed by atoms with Crippen LogP contribution in [-0.2, 0) is 45.8 Å². The number of unbranched alkanes of at least 4 members (excludes halogenated alkanes) is 4. The van der Waals surface area contributed by atoms with Crippen molar-refractivity contribution in [2.45, 2.75) is 125 Å². The molecule has 5 rings (SSSR count). The number of rotatable bonds is 20. The zero-order chi connectivity index (χ0) is 32.1. The molecule has 0 saturated heterocycles. The second kappa shape index (κ2) is 17.2. The SMILES string of the molecule is CCCCn1cc[n+](Cc2cc(C[n+]3ccn(CCCC)c3)c(C[n+]3ccn(CCCC)c3)cc2C[N+]2=C[N+](CCCC)=CC2)c1. The lowest BCUT2D eigenvalue weighted by Gasteiger charge is -2.13. The number of aryl methyl sites for hydroxylation is 3. The van der Waals surface area contributed by atoms with Gasteiger partial charge in [0.25, 0.3) is 0 Å². The highest BCUT2D eigenvalue weighted by molar-refractivity contribution is 5.62. The lowest BCUT2D eigenvalue weighted by Crippen LogP contribution is -2.37. The first-order chi connectivity index (χ1) is 22.6. The number of aromatic nitrogens is 6. The Hall–Kier alpha value is -3.81. The van der Waals surface area contributed by atoms with Crippen molar-refractivity contribution < 1.29 is 22.9 Å². The van der Waals surface area contributed by atoms with Gasteiger partial charge in [-0.15, -0.1) is 4.58 Å². The molecule has 0 saturated carbocycles. The van der Waals surface area contributed by atoms with Crippen molar-refractivity contribution in [3.05, 3.63) is 90.5 Å². The van der Waals surface area contributed by atoms with Crippen molar-refractivity contribution in [2.75, 3.05) is 13.1 Å². The molecule has 0 N–H and O–H groups in total. The molecule has 8 nitrogen and oxygen atoms in total. The summed E-state index contributed by atoms with van der Waals surface area (Å²) in [5.41, 5.74) is 5.64. The zero-order valence-electron chi connectivity index (χ0n) is 29.1. The monoisotopic (exact) mass is 627 g/mol. The topological polar surface area (TPSA) is 32.4 Å². The van der Waals surface area contributed by atoms with E-state index in [4.69, 9.17) is 0 Å². The number of nitrogens with zero attached hydrogens (tertiary/aromatic N) is 8. The Kier molecular flexibility index (Phi) is 12.5. The maximum Gasteiger partial charge on any atom is 0.402 e. The molecule has 46 heavy (non-hydrogen) atoms. The Morgan fingerprint density at radius 1 is 0.543 bits per heavy atom. The Balaban J connectivity index is 1.49. The minimum Gasteiger partial charge on any atom is -0.237 e. The van der Waals surface area contributed by atoms with Gasteiger partial charge in [0.2, 0.25) is 31.7 Å². The summed E-state index contributed by atoms with van der Waals surface area (Å²) in [7, 11) is 0. The number of hydrogen-bond donors (Lipinski definition) is 0. The average molecular weight is 628 g/mol. The molecule has 4 aromatic rings. The summed E-state index contributed by atoms with van der Waals surface area (Å²) in [4.78, 5) is 0. The normalized spacial score (nSPS) is 13.0. The van der Waals surface area contributed by atoms with Crippen LogP contribution < -0.4 is 13.7 Å². The second-order valence-corrected chi connectivity index (χ2v) is 13.2. The molecule has 0 fully saturated rings. The average Bonchev–Trinajstić information content (AvgIpc) is 3.88. The van der Waals surface area contributed by atoms with Gasteiger partial charge in [0.05, 0.1) is 19.6 Å². The van der Waals surface area contributed by atoms with Gasteiger partial charge in [0.1, 0.15) is 56.8 Å². The minimum absolute atomic E-state index is 0.870. The summed E-state index contributed by atoms with van der Waals surface area (Å²) in [5.74, 6) is 0. The van der Waals surface area contributed by atoms with E-state index in [1.54, 1.807) is 0 Å². The van der Waals surface area contributed by atoms with Crippen LogP contribution in [0.2, 0.25) is 0 Å². The van der Waals surface area contributed by atoms with Crippen molar-refractivity contribution in [2.24, 2.45) is 0 Å². The van der Waals surface area contributed by atoms with Crippen LogP contribution in [0.15, 0.2) is 68.3 Å². The van der Waals surface area contributed by atoms with Gasteiger partial charge < -0.3 is 0 Å². The van der Waals surface area contributed by atoms with E-state index >= 15 is 0 Å². The van der Waals surface area contributed by atoms with E-state index in [0.717, 1.165) is 58.9 Å². The van der Waals surface area contributed by atoms with Gasteiger partial charge in [-0.2, -0.15) is 4.58 Å². The van der Waals surface area contributed by atoms with E-state index in [9.17, 15) is 0 Å². The largest absolute Gasteiger partial charge is 0.402 e. The third kappa shape index (κ3) is 9.60. The Morgan fingerprint density at radius 3 is 1.37 bits per heavy atom. The maximum absolute atomic E-state index is 2.52. The molecular formula is C38H59N8+5. The lowest BCUT2D eigenvalue weighted by molar-refractivity contribution is -0.693. The van der Waals surface area contributed by atoms with Crippen molar-refractivity contribution in [3.63, 3.8) is 0 Å². The van der Waals surface area contributed by atoms with Gasteiger partial charge in [-0.1, -0.05) is 53.4 Å². The molecule has 0 amide bonds. The van der Waals surface area contributed by atoms with Crippen LogP contribution in [0.3, 0.4) is 0 Å². The number of benzene rings is 1. The summed E-state index contributed by atoms with van der Waals surface area (Å²) in [6, 6.07) is 5.04. The number of imidazole rings is 3. The quantitative estimate of drug-likeness (QED) is 0.125. The predicted molar refractivity (Wildman–Crippen MR) is 183 cm³/mol. The predicted octanol–water partition coefficient (Wildman–Crippen LogP) is 4.94. The molecule has 1 aliphatic rings. The van der Waals surface area contributed by atoms with E-state index in [0.29, 0.717) is 0 Å². The van der Waals surface area contributed by atoms with Gasteiger partial charge in [0, 0.05) is 28.7 Å². The Bertz CT molecular complexity index is 1580. The van der Waals surface area contributed by atoms with Crippen LogP contribution in [0.5, 0.6) is 0 Å². The van der Waals surface area contributed by atoms with Crippen LogP contribution in [-0.4, -0.2) is 48.5 Å². The molecule has 0 radical (unpaired) electrons. The van der Waals surface area contributed by atoms with Gasteiger partial charge in [-0.3, -0.25) is 0 Å². The van der Waals surface area contributed by atoms with Crippen molar-refractivity contribution in [3.8, 4) is 0 Å². The minimum atomic E-state index is 0.870. The molecule has 1 aliphatic heterocycles. The van der Waals surface area contributed by atoms with E-state index in [1.165, 1.54) is 73.6 Å². The summed E-state index contributed by atoms with van der Waals surface area (Å²) < 4.78 is 18.9. The fourth-order valence-corrected chi connectivity index (χ4v) is 6.31. The molecule has 0 aliphatic carbocycles. The van der Waals surface area contributed by atoms with E-state index < -0.39 is 0 Å². The first kappa shape index (κ1) is 33.6. The number of hydrogen-bond acceptors (Lipinski definition) is 0. The molecule has 0 bridgehead atoms. The summed E-state index contributed by atoms with van der Waals surface area (Å²) in [5, 5.41) is 0. The molecule has 0 atom stereocenters. The van der Waals surface area contributed by atoms with Crippen LogP contribution in [0, 0.1) is 0 Å². The third-order valence-electron chi connectivity index (χ3n) is 9.13. The lowest BCUT2D eigenvalue weighted by atomic mass is 9.97. The molecule has 3 aromatic heterocycles. The smallest absolute Gasteiger partial charge is 0.237 e. The molecule has 1 aromatic carbocycles. The van der Waals surface area contributed by atoms with Crippen LogP contribution in [0.25, 0.3) is 0 Å². The zero-order valence-corrected chi connectivity index (χ0v) is 29.1. The summed E-state index contributed by atoms with van der Waals surface area (Å²) >= 11 is 0. The van der Waals surface area contributed by atoms with Crippen LogP contribution in [0.4, 0.5) is 0 Å². The molecular weight excluding hydrogens is 568 g/mol. The van der Waals surface area contributed by atoms with E-state index in [1.807, 2.05) is 0 Å².